The van der Waals surface area contributed by atoms with Crippen molar-refractivity contribution in [3.63, 3.8) is 0 Å². The number of ether oxygens (including phenoxy) is 1. The van der Waals surface area contributed by atoms with Crippen LogP contribution in [-0.4, -0.2) is 26.4 Å². The molecule has 0 spiro atoms. The molecule has 2 aromatic carbocycles. The van der Waals surface area contributed by atoms with Gasteiger partial charge < -0.3 is 14.6 Å². The Bertz CT molecular complexity index is 1070. The number of hydrogen-bond acceptors (Lipinski definition) is 5. The number of nitrogens with zero attached hydrogens (tertiary/aromatic N) is 3. The summed E-state index contributed by atoms with van der Waals surface area (Å²) in [5.74, 6) is 0.960. The highest BCUT2D eigenvalue weighted by Crippen LogP contribution is 2.32. The lowest BCUT2D eigenvalue weighted by atomic mass is 10.3. The van der Waals surface area contributed by atoms with E-state index in [1.807, 2.05) is 18.4 Å². The molecule has 1 heterocycles. The van der Waals surface area contributed by atoms with Gasteiger partial charge in [0.25, 0.3) is 0 Å². The molecule has 1 atom stereocenters. The molecule has 3 rings (SSSR count). The normalized spacial score (nSPS) is 11.9. The SMILES string of the molecule is CCn1c(SCC(=O)Nc2c(Cl)cccc2Cl)nnc1C(C)Oc1ccc(Cl)cc1Cl. The highest BCUT2D eigenvalue weighted by Gasteiger charge is 2.20. The van der Waals surface area contributed by atoms with Gasteiger partial charge in [-0.1, -0.05) is 64.2 Å². The molecule has 1 amide bonds. The Morgan fingerprint density at radius 1 is 1.13 bits per heavy atom. The molecular weight excluding hydrogens is 502 g/mol. The van der Waals surface area contributed by atoms with E-state index >= 15 is 0 Å². The molecule has 0 aliphatic carbocycles. The fourth-order valence-corrected chi connectivity index (χ4v) is 4.50. The van der Waals surface area contributed by atoms with Gasteiger partial charge in [-0.05, 0) is 44.2 Å². The number of thioether (sulfide) groups is 1. The van der Waals surface area contributed by atoms with E-state index in [0.29, 0.717) is 49.1 Å². The lowest BCUT2D eigenvalue weighted by Crippen LogP contribution is -2.16. The Morgan fingerprint density at radius 2 is 1.84 bits per heavy atom. The van der Waals surface area contributed by atoms with Crippen molar-refractivity contribution >= 4 is 69.8 Å². The molecule has 3 aromatic rings. The Balaban J connectivity index is 1.67. The zero-order chi connectivity index (χ0) is 22.5. The quantitative estimate of drug-likeness (QED) is 0.332. The van der Waals surface area contributed by atoms with Crippen LogP contribution in [0.3, 0.4) is 0 Å². The van der Waals surface area contributed by atoms with Crippen molar-refractivity contribution in [2.45, 2.75) is 31.7 Å². The molecule has 1 aromatic heterocycles. The van der Waals surface area contributed by atoms with Gasteiger partial charge >= 0.3 is 0 Å². The van der Waals surface area contributed by atoms with Crippen LogP contribution in [0.4, 0.5) is 5.69 Å². The van der Waals surface area contributed by atoms with Gasteiger partial charge in [-0.15, -0.1) is 10.2 Å². The van der Waals surface area contributed by atoms with Crippen molar-refractivity contribution in [1.29, 1.82) is 0 Å². The molecule has 0 radical (unpaired) electrons. The highest BCUT2D eigenvalue weighted by molar-refractivity contribution is 7.99. The molecule has 11 heteroatoms. The summed E-state index contributed by atoms with van der Waals surface area (Å²) < 4.78 is 7.82. The van der Waals surface area contributed by atoms with Gasteiger partial charge in [-0.3, -0.25) is 4.79 Å². The van der Waals surface area contributed by atoms with Crippen LogP contribution in [0.1, 0.15) is 25.8 Å². The molecule has 0 fully saturated rings. The summed E-state index contributed by atoms with van der Waals surface area (Å²) in [6, 6.07) is 10.0. The van der Waals surface area contributed by atoms with E-state index in [1.54, 1.807) is 36.4 Å². The Kier molecular flexibility index (Phi) is 8.36. The number of carbonyl (C=O) groups is 1. The fraction of sp³-hybridized carbons (Fsp3) is 0.250. The third-order valence-electron chi connectivity index (χ3n) is 4.18. The number of nitrogens with one attached hydrogen (secondary N) is 1. The number of anilines is 1. The topological polar surface area (TPSA) is 69.0 Å². The number of amides is 1. The fourth-order valence-electron chi connectivity index (χ4n) is 2.74. The second kappa shape index (κ2) is 10.8. The maximum absolute atomic E-state index is 12.4. The van der Waals surface area contributed by atoms with Gasteiger partial charge in [0.15, 0.2) is 17.1 Å². The molecule has 0 bridgehead atoms. The number of aromatic nitrogens is 3. The van der Waals surface area contributed by atoms with Gasteiger partial charge in [0, 0.05) is 11.6 Å². The molecule has 0 aliphatic rings. The number of halogens is 4. The van der Waals surface area contributed by atoms with Gasteiger partial charge in [-0.2, -0.15) is 0 Å². The first-order chi connectivity index (χ1) is 14.8. The maximum Gasteiger partial charge on any atom is 0.234 e. The van der Waals surface area contributed by atoms with Crippen LogP contribution in [-0.2, 0) is 11.3 Å². The first kappa shape index (κ1) is 24.0. The average Bonchev–Trinajstić information content (AvgIpc) is 3.14. The van der Waals surface area contributed by atoms with Crippen molar-refractivity contribution < 1.29 is 9.53 Å². The number of rotatable bonds is 8. The van der Waals surface area contributed by atoms with Gasteiger partial charge in [0.2, 0.25) is 5.91 Å². The van der Waals surface area contributed by atoms with Crippen molar-refractivity contribution in [2.75, 3.05) is 11.1 Å². The Hall–Kier alpha value is -1.64. The smallest absolute Gasteiger partial charge is 0.234 e. The summed E-state index contributed by atoms with van der Waals surface area (Å²) in [5, 5.41) is 13.5. The first-order valence-corrected chi connectivity index (χ1v) is 11.7. The Labute approximate surface area is 204 Å². The van der Waals surface area contributed by atoms with E-state index in [9.17, 15) is 4.79 Å². The van der Waals surface area contributed by atoms with Crippen molar-refractivity contribution in [3.8, 4) is 5.75 Å². The second-order valence-corrected chi connectivity index (χ2v) is 8.95. The van der Waals surface area contributed by atoms with Crippen LogP contribution in [0.15, 0.2) is 41.6 Å². The molecule has 6 nitrogen and oxygen atoms in total. The number of benzene rings is 2. The monoisotopic (exact) mass is 518 g/mol. The molecule has 1 N–H and O–H groups in total. The summed E-state index contributed by atoms with van der Waals surface area (Å²) >= 11 is 25.6. The van der Waals surface area contributed by atoms with Crippen LogP contribution in [0.2, 0.25) is 20.1 Å². The van der Waals surface area contributed by atoms with E-state index in [-0.39, 0.29) is 11.7 Å². The van der Waals surface area contributed by atoms with E-state index in [4.69, 9.17) is 51.1 Å². The molecule has 1 unspecified atom stereocenters. The minimum atomic E-state index is -0.420. The summed E-state index contributed by atoms with van der Waals surface area (Å²) in [5.41, 5.74) is 0.385. The zero-order valence-corrected chi connectivity index (χ0v) is 20.4. The second-order valence-electron chi connectivity index (χ2n) is 6.35. The summed E-state index contributed by atoms with van der Waals surface area (Å²) in [6.07, 6.45) is -0.420. The number of para-hydroxylation sites is 1. The maximum atomic E-state index is 12.4. The lowest BCUT2D eigenvalue weighted by molar-refractivity contribution is -0.113. The predicted molar refractivity (Wildman–Crippen MR) is 127 cm³/mol. The van der Waals surface area contributed by atoms with Gasteiger partial charge in [0.1, 0.15) is 5.75 Å². The van der Waals surface area contributed by atoms with E-state index in [2.05, 4.69) is 15.5 Å². The van der Waals surface area contributed by atoms with Crippen molar-refractivity contribution in [3.05, 3.63) is 62.3 Å². The van der Waals surface area contributed by atoms with Crippen LogP contribution >= 0.6 is 58.2 Å². The standard InChI is InChI=1S/C20H18Cl4N4O2S/c1-3-28-19(11(2)30-16-8-7-12(21)9-15(16)24)26-27-20(28)31-10-17(29)25-18-13(22)5-4-6-14(18)23/h4-9,11H,3,10H2,1-2H3,(H,25,29). The van der Waals surface area contributed by atoms with E-state index in [0.717, 1.165) is 0 Å². The molecular formula is C20H18Cl4N4O2S. The number of hydrogen-bond donors (Lipinski definition) is 1. The van der Waals surface area contributed by atoms with Crippen LogP contribution in [0.5, 0.6) is 5.75 Å². The van der Waals surface area contributed by atoms with Crippen LogP contribution in [0.25, 0.3) is 0 Å². The predicted octanol–water partition coefficient (Wildman–Crippen LogP) is 6.78. The van der Waals surface area contributed by atoms with Crippen molar-refractivity contribution in [2.24, 2.45) is 0 Å². The van der Waals surface area contributed by atoms with Crippen molar-refractivity contribution in [1.82, 2.24) is 14.8 Å². The number of carbonyl (C=O) groups excluding carboxylic acids is 1. The molecule has 0 saturated heterocycles. The third kappa shape index (κ3) is 5.99. The summed E-state index contributed by atoms with van der Waals surface area (Å²) in [4.78, 5) is 12.4. The van der Waals surface area contributed by atoms with Gasteiger partial charge in [-0.25, -0.2) is 0 Å². The third-order valence-corrected chi connectivity index (χ3v) is 6.31. The minimum Gasteiger partial charge on any atom is -0.481 e. The average molecular weight is 520 g/mol. The molecule has 31 heavy (non-hydrogen) atoms. The van der Waals surface area contributed by atoms with Crippen LogP contribution in [0, 0.1) is 0 Å². The first-order valence-electron chi connectivity index (χ1n) is 9.21. The van der Waals surface area contributed by atoms with E-state index in [1.165, 1.54) is 11.8 Å². The lowest BCUT2D eigenvalue weighted by Gasteiger charge is -2.16. The molecule has 0 aliphatic heterocycles. The minimum absolute atomic E-state index is 0.109. The zero-order valence-electron chi connectivity index (χ0n) is 16.5. The summed E-state index contributed by atoms with van der Waals surface area (Å²) in [6.45, 7) is 4.41. The van der Waals surface area contributed by atoms with E-state index < -0.39 is 6.10 Å². The largest absolute Gasteiger partial charge is 0.481 e. The summed E-state index contributed by atoms with van der Waals surface area (Å²) in [7, 11) is 0. The highest BCUT2D eigenvalue weighted by atomic mass is 35.5. The van der Waals surface area contributed by atoms with Gasteiger partial charge in [0.05, 0.1) is 26.5 Å². The molecule has 164 valence electrons. The van der Waals surface area contributed by atoms with Crippen LogP contribution < -0.4 is 10.1 Å². The Morgan fingerprint density at radius 3 is 2.48 bits per heavy atom. The molecule has 0 saturated carbocycles.